The Morgan fingerprint density at radius 2 is 2.17 bits per heavy atom. The summed E-state index contributed by atoms with van der Waals surface area (Å²) >= 11 is 0. The molecule has 1 heterocycles. The largest absolute Gasteiger partial charge is 0.244 e. The van der Waals surface area contributed by atoms with Gasteiger partial charge in [0.1, 0.15) is 0 Å². The maximum absolute atomic E-state index is 11.5. The first-order chi connectivity index (χ1) is 5.55. The second-order valence-electron chi connectivity index (χ2n) is 2.69. The highest BCUT2D eigenvalue weighted by atomic mass is 32.2. The van der Waals surface area contributed by atoms with Gasteiger partial charge in [-0.15, -0.1) is 0 Å². The van der Waals surface area contributed by atoms with Crippen LogP contribution in [0.15, 0.2) is 23.4 Å². The van der Waals surface area contributed by atoms with E-state index in [1.165, 1.54) is 12.3 Å². The normalized spacial score (nSPS) is 11.9. The first-order valence-electron chi connectivity index (χ1n) is 3.61. The van der Waals surface area contributed by atoms with Gasteiger partial charge in [0.15, 0.2) is 14.9 Å². The summed E-state index contributed by atoms with van der Waals surface area (Å²) < 4.78 is 22.9. The third kappa shape index (κ3) is 1.64. The third-order valence-corrected chi connectivity index (χ3v) is 3.57. The summed E-state index contributed by atoms with van der Waals surface area (Å²) in [6.45, 7) is 3.27. The second kappa shape index (κ2) is 3.23. The molecule has 0 bridgehead atoms. The Bertz CT molecular complexity index is 343. The van der Waals surface area contributed by atoms with E-state index in [0.29, 0.717) is 0 Å². The smallest absolute Gasteiger partial charge is 0.197 e. The highest BCUT2D eigenvalue weighted by Gasteiger charge is 2.19. The van der Waals surface area contributed by atoms with Crippen molar-refractivity contribution in [3.63, 3.8) is 0 Å². The van der Waals surface area contributed by atoms with Gasteiger partial charge in [-0.1, -0.05) is 0 Å². The van der Waals surface area contributed by atoms with Crippen LogP contribution in [0.3, 0.4) is 0 Å². The fourth-order valence-electron chi connectivity index (χ4n) is 0.716. The van der Waals surface area contributed by atoms with Gasteiger partial charge in [0, 0.05) is 12.3 Å². The second-order valence-corrected chi connectivity index (χ2v) is 5.14. The lowest BCUT2D eigenvalue weighted by molar-refractivity contribution is 0.583. The molecule has 0 spiro atoms. The monoisotopic (exact) mass is 184 g/mol. The predicted molar refractivity (Wildman–Crippen MR) is 45.4 cm³/mol. The van der Waals surface area contributed by atoms with Crippen LogP contribution in [0.5, 0.6) is 0 Å². The van der Waals surface area contributed by atoms with Crippen LogP contribution < -0.4 is 0 Å². The van der Waals surface area contributed by atoms with Gasteiger partial charge in [-0.05, 0) is 26.0 Å². The molecule has 0 aliphatic rings. The first kappa shape index (κ1) is 9.19. The molecule has 1 aromatic rings. The molecule has 0 aromatic carbocycles. The summed E-state index contributed by atoms with van der Waals surface area (Å²) in [5.41, 5.74) is 0. The van der Waals surface area contributed by atoms with Crippen molar-refractivity contribution in [3.05, 3.63) is 24.4 Å². The molecule has 0 atom stereocenters. The third-order valence-electron chi connectivity index (χ3n) is 1.50. The molecule has 12 heavy (non-hydrogen) atoms. The summed E-state index contributed by atoms with van der Waals surface area (Å²) in [6.07, 6.45) is 1.36. The van der Waals surface area contributed by atoms with Crippen LogP contribution >= 0.6 is 0 Å². The van der Waals surface area contributed by atoms with Crippen molar-refractivity contribution in [1.29, 1.82) is 0 Å². The van der Waals surface area contributed by atoms with Crippen molar-refractivity contribution < 1.29 is 8.42 Å². The summed E-state index contributed by atoms with van der Waals surface area (Å²) in [4.78, 5) is 3.73. The molecule has 1 radical (unpaired) electrons. The fraction of sp³-hybridized carbons (Fsp3) is 0.375. The van der Waals surface area contributed by atoms with E-state index >= 15 is 0 Å². The molecule has 0 N–H and O–H groups in total. The zero-order valence-electron chi connectivity index (χ0n) is 6.98. The maximum atomic E-state index is 11.5. The Morgan fingerprint density at radius 3 is 2.58 bits per heavy atom. The van der Waals surface area contributed by atoms with Gasteiger partial charge in [0.25, 0.3) is 0 Å². The predicted octanol–water partition coefficient (Wildman–Crippen LogP) is 1.06. The molecule has 0 aliphatic heterocycles. The van der Waals surface area contributed by atoms with Gasteiger partial charge in [0.05, 0.1) is 5.25 Å². The molecule has 65 valence electrons. The van der Waals surface area contributed by atoms with E-state index in [9.17, 15) is 8.42 Å². The van der Waals surface area contributed by atoms with E-state index in [-0.39, 0.29) is 5.03 Å². The Balaban J connectivity index is 3.17. The maximum Gasteiger partial charge on any atom is 0.197 e. The molecule has 0 saturated heterocycles. The van der Waals surface area contributed by atoms with Crippen molar-refractivity contribution in [2.24, 2.45) is 0 Å². The molecule has 0 saturated carbocycles. The first-order valence-corrected chi connectivity index (χ1v) is 5.16. The lowest BCUT2D eigenvalue weighted by Gasteiger charge is -2.04. The van der Waals surface area contributed by atoms with Gasteiger partial charge < -0.3 is 0 Å². The van der Waals surface area contributed by atoms with E-state index in [4.69, 9.17) is 0 Å². The molecular weight excluding hydrogens is 174 g/mol. The van der Waals surface area contributed by atoms with Crippen LogP contribution in [-0.2, 0) is 9.84 Å². The fourth-order valence-corrected chi connectivity index (χ4v) is 1.66. The molecule has 0 fully saturated rings. The molecule has 1 aromatic heterocycles. The number of hydrogen-bond donors (Lipinski definition) is 0. The number of rotatable bonds is 2. The molecule has 1 rings (SSSR count). The molecule has 3 nitrogen and oxygen atoms in total. The topological polar surface area (TPSA) is 47.0 Å². The Kier molecular flexibility index (Phi) is 2.47. The minimum absolute atomic E-state index is 0.122. The van der Waals surface area contributed by atoms with E-state index < -0.39 is 15.1 Å². The van der Waals surface area contributed by atoms with Gasteiger partial charge in [-0.2, -0.15) is 0 Å². The van der Waals surface area contributed by atoms with E-state index in [2.05, 4.69) is 11.1 Å². The summed E-state index contributed by atoms with van der Waals surface area (Å²) in [5.74, 6) is 0. The van der Waals surface area contributed by atoms with E-state index in [0.717, 1.165) is 0 Å². The molecule has 0 amide bonds. The van der Waals surface area contributed by atoms with E-state index in [1.54, 1.807) is 19.9 Å². The van der Waals surface area contributed by atoms with Crippen molar-refractivity contribution >= 4 is 9.84 Å². The molecule has 4 heteroatoms. The van der Waals surface area contributed by atoms with Crippen LogP contribution in [0.25, 0.3) is 0 Å². The van der Waals surface area contributed by atoms with Crippen molar-refractivity contribution in [2.75, 3.05) is 0 Å². The van der Waals surface area contributed by atoms with Crippen LogP contribution in [-0.4, -0.2) is 18.7 Å². The van der Waals surface area contributed by atoms with Gasteiger partial charge in [0.2, 0.25) is 0 Å². The zero-order chi connectivity index (χ0) is 9.19. The number of pyridine rings is 1. The lowest BCUT2D eigenvalue weighted by Crippen LogP contribution is -2.15. The van der Waals surface area contributed by atoms with Gasteiger partial charge in [-0.3, -0.25) is 0 Å². The SMILES string of the molecule is CC(C)S(=O)(=O)c1cc[c]cn1. The number of hydrogen-bond acceptors (Lipinski definition) is 3. The van der Waals surface area contributed by atoms with Gasteiger partial charge >= 0.3 is 0 Å². The highest BCUT2D eigenvalue weighted by molar-refractivity contribution is 7.91. The quantitative estimate of drug-likeness (QED) is 0.690. The zero-order valence-corrected chi connectivity index (χ0v) is 7.80. The number of aromatic nitrogens is 1. The Morgan fingerprint density at radius 1 is 1.50 bits per heavy atom. The summed E-state index contributed by atoms with van der Waals surface area (Å²) in [7, 11) is -3.21. The molecular formula is C8H10NO2S. The summed E-state index contributed by atoms with van der Waals surface area (Å²) in [6, 6.07) is 5.67. The van der Waals surface area contributed by atoms with Gasteiger partial charge in [-0.25, -0.2) is 13.4 Å². The van der Waals surface area contributed by atoms with E-state index in [1.807, 2.05) is 0 Å². The van der Waals surface area contributed by atoms with Crippen LogP contribution in [0.1, 0.15) is 13.8 Å². The van der Waals surface area contributed by atoms with Crippen LogP contribution in [0.4, 0.5) is 0 Å². The van der Waals surface area contributed by atoms with Crippen molar-refractivity contribution in [3.8, 4) is 0 Å². The average Bonchev–Trinajstić information content (AvgIpc) is 2.06. The Labute approximate surface area is 72.4 Å². The minimum Gasteiger partial charge on any atom is -0.244 e. The van der Waals surface area contributed by atoms with Crippen LogP contribution in [0, 0.1) is 6.07 Å². The van der Waals surface area contributed by atoms with Crippen molar-refractivity contribution in [1.82, 2.24) is 4.98 Å². The molecule has 0 unspecified atom stereocenters. The highest BCUT2D eigenvalue weighted by Crippen LogP contribution is 2.11. The standard InChI is InChI=1S/C8H10NO2S/c1-7(2)12(10,11)8-5-3-4-6-9-8/h3,5-7H,1-2H3. The van der Waals surface area contributed by atoms with Crippen molar-refractivity contribution in [2.45, 2.75) is 24.1 Å². The number of sulfone groups is 1. The lowest BCUT2D eigenvalue weighted by atomic mass is 10.5. The summed E-state index contributed by atoms with van der Waals surface area (Å²) in [5, 5.41) is -0.302. The average molecular weight is 184 g/mol. The minimum atomic E-state index is -3.21. The Hall–Kier alpha value is -0.900. The number of nitrogens with zero attached hydrogens (tertiary/aromatic N) is 1. The molecule has 0 aliphatic carbocycles. The van der Waals surface area contributed by atoms with Crippen LogP contribution in [0.2, 0.25) is 0 Å².